The average Bonchev–Trinajstić information content (AvgIpc) is 3.01. The smallest absolute Gasteiger partial charge is 0.225 e. The molecule has 2 fully saturated rings. The highest BCUT2D eigenvalue weighted by atomic mass is 16.2. The second-order valence-electron chi connectivity index (χ2n) is 5.60. The summed E-state index contributed by atoms with van der Waals surface area (Å²) in [6.07, 6.45) is 8.29. The van der Waals surface area contributed by atoms with Crippen molar-refractivity contribution in [3.63, 3.8) is 0 Å². The van der Waals surface area contributed by atoms with Gasteiger partial charge >= 0.3 is 0 Å². The Balaban J connectivity index is 2.01. The molecule has 2 N–H and O–H groups in total. The van der Waals surface area contributed by atoms with E-state index in [0.717, 1.165) is 32.4 Å². The SMILES string of the molecule is CCN(C(=O)C1CCCC1)C1CCCC1CN. The molecule has 3 heteroatoms. The van der Waals surface area contributed by atoms with Crippen molar-refractivity contribution in [3.8, 4) is 0 Å². The van der Waals surface area contributed by atoms with Gasteiger partial charge in [-0.1, -0.05) is 19.3 Å². The predicted molar refractivity (Wildman–Crippen MR) is 69.5 cm³/mol. The van der Waals surface area contributed by atoms with Gasteiger partial charge in [0.15, 0.2) is 0 Å². The summed E-state index contributed by atoms with van der Waals surface area (Å²) in [6, 6.07) is 0.429. The van der Waals surface area contributed by atoms with Crippen LogP contribution in [0, 0.1) is 11.8 Å². The summed E-state index contributed by atoms with van der Waals surface area (Å²) in [4.78, 5) is 14.6. The molecule has 0 aromatic carbocycles. The minimum atomic E-state index is 0.314. The molecule has 1 amide bonds. The quantitative estimate of drug-likeness (QED) is 0.815. The maximum absolute atomic E-state index is 12.5. The zero-order chi connectivity index (χ0) is 12.3. The van der Waals surface area contributed by atoms with Gasteiger partial charge in [0, 0.05) is 18.5 Å². The van der Waals surface area contributed by atoms with E-state index in [1.54, 1.807) is 0 Å². The van der Waals surface area contributed by atoms with Crippen LogP contribution in [0.4, 0.5) is 0 Å². The first-order valence-corrected chi connectivity index (χ1v) is 7.28. The van der Waals surface area contributed by atoms with Crippen molar-refractivity contribution in [2.24, 2.45) is 17.6 Å². The molecule has 2 aliphatic rings. The van der Waals surface area contributed by atoms with Crippen molar-refractivity contribution in [2.45, 2.75) is 57.9 Å². The lowest BCUT2D eigenvalue weighted by atomic mass is 9.99. The van der Waals surface area contributed by atoms with Crippen molar-refractivity contribution in [3.05, 3.63) is 0 Å². The number of amides is 1. The van der Waals surface area contributed by atoms with Crippen molar-refractivity contribution >= 4 is 5.91 Å². The summed E-state index contributed by atoms with van der Waals surface area (Å²) in [6.45, 7) is 3.70. The summed E-state index contributed by atoms with van der Waals surface area (Å²) < 4.78 is 0. The van der Waals surface area contributed by atoms with Crippen LogP contribution in [0.2, 0.25) is 0 Å². The van der Waals surface area contributed by atoms with Gasteiger partial charge in [0.2, 0.25) is 5.91 Å². The molecule has 0 aromatic heterocycles. The van der Waals surface area contributed by atoms with E-state index < -0.39 is 0 Å². The number of hydrogen-bond acceptors (Lipinski definition) is 2. The zero-order valence-corrected chi connectivity index (χ0v) is 11.0. The minimum Gasteiger partial charge on any atom is -0.339 e. The molecule has 0 bridgehead atoms. The third-order valence-electron chi connectivity index (χ3n) is 4.65. The number of nitrogens with zero attached hydrogens (tertiary/aromatic N) is 1. The van der Waals surface area contributed by atoms with Crippen molar-refractivity contribution in [2.75, 3.05) is 13.1 Å². The van der Waals surface area contributed by atoms with E-state index in [2.05, 4.69) is 11.8 Å². The summed E-state index contributed by atoms with van der Waals surface area (Å²) in [7, 11) is 0. The Labute approximate surface area is 105 Å². The molecule has 0 heterocycles. The van der Waals surface area contributed by atoms with Gasteiger partial charge < -0.3 is 10.6 Å². The number of carbonyl (C=O) groups excluding carboxylic acids is 1. The zero-order valence-electron chi connectivity index (χ0n) is 11.0. The molecule has 0 spiro atoms. The fourth-order valence-corrected chi connectivity index (χ4v) is 3.66. The van der Waals surface area contributed by atoms with Crippen LogP contribution in [0.5, 0.6) is 0 Å². The van der Waals surface area contributed by atoms with Crippen LogP contribution in [0.25, 0.3) is 0 Å². The Morgan fingerprint density at radius 2 is 1.88 bits per heavy atom. The van der Waals surface area contributed by atoms with E-state index in [1.807, 2.05) is 0 Å². The molecule has 2 aliphatic carbocycles. The highest BCUT2D eigenvalue weighted by Crippen LogP contribution is 2.33. The molecule has 0 aliphatic heterocycles. The normalized spacial score (nSPS) is 29.8. The Hall–Kier alpha value is -0.570. The Morgan fingerprint density at radius 1 is 1.18 bits per heavy atom. The standard InChI is InChI=1S/C14H26N2O/c1-2-16(13-9-5-8-12(13)10-15)14(17)11-6-3-4-7-11/h11-13H,2-10,15H2,1H3. The fourth-order valence-electron chi connectivity index (χ4n) is 3.66. The second kappa shape index (κ2) is 5.85. The van der Waals surface area contributed by atoms with Gasteiger partial charge in [-0.2, -0.15) is 0 Å². The molecular formula is C14H26N2O. The molecule has 0 radical (unpaired) electrons. The molecule has 98 valence electrons. The van der Waals surface area contributed by atoms with E-state index in [4.69, 9.17) is 5.73 Å². The summed E-state index contributed by atoms with van der Waals surface area (Å²) >= 11 is 0. The monoisotopic (exact) mass is 238 g/mol. The molecule has 2 saturated carbocycles. The molecule has 2 unspecified atom stereocenters. The predicted octanol–water partition coefficient (Wildman–Crippen LogP) is 2.15. The van der Waals surface area contributed by atoms with Crippen LogP contribution in [0.1, 0.15) is 51.9 Å². The third kappa shape index (κ3) is 2.65. The van der Waals surface area contributed by atoms with Gasteiger partial charge in [-0.15, -0.1) is 0 Å². The van der Waals surface area contributed by atoms with E-state index >= 15 is 0 Å². The molecule has 2 atom stereocenters. The number of nitrogens with two attached hydrogens (primary N) is 1. The number of rotatable bonds is 4. The Morgan fingerprint density at radius 3 is 2.47 bits per heavy atom. The van der Waals surface area contributed by atoms with Gasteiger partial charge in [-0.3, -0.25) is 4.79 Å². The third-order valence-corrected chi connectivity index (χ3v) is 4.65. The van der Waals surface area contributed by atoms with Gasteiger partial charge in [-0.25, -0.2) is 0 Å². The minimum absolute atomic E-state index is 0.314. The Kier molecular flexibility index (Phi) is 4.43. The van der Waals surface area contributed by atoms with Crippen LogP contribution >= 0.6 is 0 Å². The van der Waals surface area contributed by atoms with Gasteiger partial charge in [0.25, 0.3) is 0 Å². The number of hydrogen-bond donors (Lipinski definition) is 1. The highest BCUT2D eigenvalue weighted by molar-refractivity contribution is 5.79. The lowest BCUT2D eigenvalue weighted by Gasteiger charge is -2.33. The maximum Gasteiger partial charge on any atom is 0.225 e. The molecule has 2 rings (SSSR count). The van der Waals surface area contributed by atoms with Gasteiger partial charge in [-0.05, 0) is 45.1 Å². The van der Waals surface area contributed by atoms with E-state index in [9.17, 15) is 4.79 Å². The van der Waals surface area contributed by atoms with Gasteiger partial charge in [0.05, 0.1) is 0 Å². The van der Waals surface area contributed by atoms with E-state index in [0.29, 0.717) is 23.8 Å². The molecule has 0 saturated heterocycles. The van der Waals surface area contributed by atoms with Crippen LogP contribution < -0.4 is 5.73 Å². The van der Waals surface area contributed by atoms with Gasteiger partial charge in [0.1, 0.15) is 0 Å². The lowest BCUT2D eigenvalue weighted by molar-refractivity contribution is -0.138. The van der Waals surface area contributed by atoms with Crippen molar-refractivity contribution < 1.29 is 4.79 Å². The second-order valence-corrected chi connectivity index (χ2v) is 5.60. The molecule has 3 nitrogen and oxygen atoms in total. The first kappa shape index (κ1) is 12.9. The van der Waals surface area contributed by atoms with Crippen LogP contribution in [0.3, 0.4) is 0 Å². The fraction of sp³-hybridized carbons (Fsp3) is 0.929. The molecule has 17 heavy (non-hydrogen) atoms. The van der Waals surface area contributed by atoms with E-state index in [1.165, 1.54) is 25.7 Å². The molecular weight excluding hydrogens is 212 g/mol. The van der Waals surface area contributed by atoms with Crippen LogP contribution in [-0.2, 0) is 4.79 Å². The first-order valence-electron chi connectivity index (χ1n) is 7.28. The van der Waals surface area contributed by atoms with Crippen LogP contribution in [0.15, 0.2) is 0 Å². The van der Waals surface area contributed by atoms with E-state index in [-0.39, 0.29) is 0 Å². The summed E-state index contributed by atoms with van der Waals surface area (Å²) in [5.74, 6) is 1.27. The average molecular weight is 238 g/mol. The Bertz CT molecular complexity index is 261. The van der Waals surface area contributed by atoms with Crippen molar-refractivity contribution in [1.82, 2.24) is 4.90 Å². The highest BCUT2D eigenvalue weighted by Gasteiger charge is 2.36. The summed E-state index contributed by atoms with van der Waals surface area (Å²) in [5, 5.41) is 0. The number of carbonyl (C=O) groups is 1. The molecule has 0 aromatic rings. The largest absolute Gasteiger partial charge is 0.339 e. The summed E-state index contributed by atoms with van der Waals surface area (Å²) in [5.41, 5.74) is 5.83. The van der Waals surface area contributed by atoms with Crippen molar-refractivity contribution in [1.29, 1.82) is 0 Å². The van der Waals surface area contributed by atoms with Crippen LogP contribution in [-0.4, -0.2) is 29.9 Å². The first-order chi connectivity index (χ1) is 8.27. The maximum atomic E-state index is 12.5. The lowest BCUT2D eigenvalue weighted by Crippen LogP contribution is -2.46. The topological polar surface area (TPSA) is 46.3 Å².